The molecule has 14 heavy (non-hydrogen) atoms. The number of rotatable bonds is 4. The van der Waals surface area contributed by atoms with E-state index in [1.807, 2.05) is 13.0 Å². The molecule has 1 aliphatic heterocycles. The van der Waals surface area contributed by atoms with Crippen LogP contribution >= 0.6 is 0 Å². The van der Waals surface area contributed by atoms with Crippen molar-refractivity contribution in [3.63, 3.8) is 0 Å². The average Bonchev–Trinajstić information content (AvgIpc) is 2.18. The lowest BCUT2D eigenvalue weighted by Crippen LogP contribution is -2.58. The summed E-state index contributed by atoms with van der Waals surface area (Å²) in [7, 11) is -1.79. The Morgan fingerprint density at radius 3 is 2.64 bits per heavy atom. The second-order valence-corrected chi connectivity index (χ2v) is 8.50. The van der Waals surface area contributed by atoms with Crippen molar-refractivity contribution in [1.29, 1.82) is 0 Å². The molecule has 0 bridgehead atoms. The lowest BCUT2D eigenvalue weighted by molar-refractivity contribution is -0.00606. The molecule has 0 amide bonds. The van der Waals surface area contributed by atoms with Gasteiger partial charge in [0.15, 0.2) is 0 Å². The van der Waals surface area contributed by atoms with Crippen molar-refractivity contribution in [1.82, 2.24) is 0 Å². The first-order chi connectivity index (χ1) is 6.58. The van der Waals surface area contributed by atoms with Gasteiger partial charge in [0, 0.05) is 13.2 Å². The molecule has 82 valence electrons. The molecule has 1 atom stereocenters. The van der Waals surface area contributed by atoms with E-state index < -0.39 is 8.32 Å². The number of hydrogen-bond donors (Lipinski definition) is 0. The van der Waals surface area contributed by atoms with Crippen molar-refractivity contribution in [2.24, 2.45) is 0 Å². The highest BCUT2D eigenvalue weighted by Crippen LogP contribution is 2.35. The van der Waals surface area contributed by atoms with Crippen LogP contribution in [0, 0.1) is 0 Å². The van der Waals surface area contributed by atoms with E-state index in [-0.39, 0.29) is 5.22 Å². The van der Waals surface area contributed by atoms with Crippen LogP contribution in [-0.2, 0) is 9.16 Å². The molecule has 0 aromatic carbocycles. The highest BCUT2D eigenvalue weighted by molar-refractivity contribution is 6.74. The Balaban J connectivity index is 2.80. The van der Waals surface area contributed by atoms with E-state index in [0.29, 0.717) is 0 Å². The molecule has 1 fully saturated rings. The first-order valence-corrected chi connectivity index (χ1v) is 8.40. The Morgan fingerprint density at radius 2 is 2.21 bits per heavy atom. The Morgan fingerprint density at radius 1 is 1.50 bits per heavy atom. The standard InChI is InChI=1S/C11H22O2Si/c1-5-11(9-7-8-10-12-11)14(3,4)13-6-2/h5H,1,6-10H2,2-4H3. The molecule has 1 aliphatic rings. The maximum Gasteiger partial charge on any atom is 0.222 e. The zero-order chi connectivity index (χ0) is 10.7. The molecular weight excluding hydrogens is 192 g/mol. The van der Waals surface area contributed by atoms with Gasteiger partial charge in [0.05, 0.1) is 0 Å². The molecule has 1 saturated heterocycles. The van der Waals surface area contributed by atoms with Crippen molar-refractivity contribution in [2.75, 3.05) is 13.2 Å². The van der Waals surface area contributed by atoms with Gasteiger partial charge in [-0.15, -0.1) is 6.58 Å². The van der Waals surface area contributed by atoms with E-state index in [2.05, 4.69) is 19.7 Å². The minimum Gasteiger partial charge on any atom is -0.414 e. The third kappa shape index (κ3) is 2.10. The second kappa shape index (κ2) is 4.60. The predicted octanol–water partition coefficient (Wildman–Crippen LogP) is 2.89. The van der Waals surface area contributed by atoms with Gasteiger partial charge >= 0.3 is 0 Å². The van der Waals surface area contributed by atoms with Crippen LogP contribution in [-0.4, -0.2) is 26.8 Å². The summed E-state index contributed by atoms with van der Waals surface area (Å²) >= 11 is 0. The molecule has 2 nitrogen and oxygen atoms in total. The summed E-state index contributed by atoms with van der Waals surface area (Å²) in [6, 6.07) is 0. The topological polar surface area (TPSA) is 18.5 Å². The van der Waals surface area contributed by atoms with Gasteiger partial charge < -0.3 is 9.16 Å². The third-order valence-electron chi connectivity index (χ3n) is 3.16. The summed E-state index contributed by atoms with van der Waals surface area (Å²) in [4.78, 5) is 0. The highest BCUT2D eigenvalue weighted by atomic mass is 28.4. The lowest BCUT2D eigenvalue weighted by atomic mass is 10.1. The van der Waals surface area contributed by atoms with Crippen LogP contribution in [0.2, 0.25) is 13.1 Å². The van der Waals surface area contributed by atoms with Crippen LogP contribution in [0.1, 0.15) is 26.2 Å². The molecule has 0 aromatic rings. The van der Waals surface area contributed by atoms with Gasteiger partial charge in [-0.1, -0.05) is 6.08 Å². The van der Waals surface area contributed by atoms with Crippen molar-refractivity contribution in [3.05, 3.63) is 12.7 Å². The minimum atomic E-state index is -1.79. The molecule has 0 saturated carbocycles. The summed E-state index contributed by atoms with van der Waals surface area (Å²) < 4.78 is 11.9. The van der Waals surface area contributed by atoms with Gasteiger partial charge in [-0.05, 0) is 39.3 Å². The van der Waals surface area contributed by atoms with E-state index in [1.54, 1.807) is 0 Å². The predicted molar refractivity (Wildman–Crippen MR) is 61.8 cm³/mol. The molecule has 0 N–H and O–H groups in total. The summed E-state index contributed by atoms with van der Waals surface area (Å²) in [5, 5.41) is -0.152. The summed E-state index contributed by atoms with van der Waals surface area (Å²) in [5.74, 6) is 0. The highest BCUT2D eigenvalue weighted by Gasteiger charge is 2.48. The van der Waals surface area contributed by atoms with Gasteiger partial charge in [0.25, 0.3) is 0 Å². The zero-order valence-electron chi connectivity index (χ0n) is 9.64. The van der Waals surface area contributed by atoms with Crippen molar-refractivity contribution in [3.8, 4) is 0 Å². The van der Waals surface area contributed by atoms with E-state index >= 15 is 0 Å². The maximum atomic E-state index is 5.95. The van der Waals surface area contributed by atoms with Crippen molar-refractivity contribution >= 4 is 8.32 Å². The first-order valence-electron chi connectivity index (χ1n) is 5.49. The smallest absolute Gasteiger partial charge is 0.222 e. The fourth-order valence-corrected chi connectivity index (χ4v) is 4.87. The van der Waals surface area contributed by atoms with Crippen LogP contribution in [0.25, 0.3) is 0 Å². The molecule has 0 aromatic heterocycles. The quantitative estimate of drug-likeness (QED) is 0.529. The van der Waals surface area contributed by atoms with Crippen LogP contribution in [0.5, 0.6) is 0 Å². The lowest BCUT2D eigenvalue weighted by Gasteiger charge is -2.44. The molecule has 1 unspecified atom stereocenters. The van der Waals surface area contributed by atoms with Gasteiger partial charge in [0.2, 0.25) is 8.32 Å². The van der Waals surface area contributed by atoms with Crippen LogP contribution in [0.4, 0.5) is 0 Å². The van der Waals surface area contributed by atoms with Gasteiger partial charge in [-0.2, -0.15) is 0 Å². The Bertz CT molecular complexity index is 195. The SMILES string of the molecule is C=CC1([Si](C)(C)OCC)CCCCO1. The fraction of sp³-hybridized carbons (Fsp3) is 0.818. The number of ether oxygens (including phenoxy) is 1. The summed E-state index contributed by atoms with van der Waals surface area (Å²) in [6.07, 6.45) is 5.46. The molecule has 0 aliphatic carbocycles. The largest absolute Gasteiger partial charge is 0.414 e. The monoisotopic (exact) mass is 214 g/mol. The van der Waals surface area contributed by atoms with E-state index in [1.165, 1.54) is 12.8 Å². The second-order valence-electron chi connectivity index (χ2n) is 4.34. The van der Waals surface area contributed by atoms with E-state index in [4.69, 9.17) is 9.16 Å². The van der Waals surface area contributed by atoms with Gasteiger partial charge in [-0.3, -0.25) is 0 Å². The summed E-state index contributed by atoms with van der Waals surface area (Å²) in [5.41, 5.74) is 0. The van der Waals surface area contributed by atoms with E-state index in [9.17, 15) is 0 Å². The first kappa shape index (κ1) is 11.9. The van der Waals surface area contributed by atoms with Crippen LogP contribution in [0.15, 0.2) is 12.7 Å². The average molecular weight is 214 g/mol. The normalized spacial score (nSPS) is 28.8. The van der Waals surface area contributed by atoms with Crippen LogP contribution < -0.4 is 0 Å². The minimum absolute atomic E-state index is 0.152. The Kier molecular flexibility index (Phi) is 3.92. The van der Waals surface area contributed by atoms with Crippen molar-refractivity contribution in [2.45, 2.75) is 44.5 Å². The summed E-state index contributed by atoms with van der Waals surface area (Å²) in [6.45, 7) is 12.1. The third-order valence-corrected chi connectivity index (χ3v) is 6.80. The van der Waals surface area contributed by atoms with E-state index in [0.717, 1.165) is 19.6 Å². The zero-order valence-corrected chi connectivity index (χ0v) is 10.6. The van der Waals surface area contributed by atoms with Gasteiger partial charge in [-0.25, -0.2) is 0 Å². The molecule has 3 heteroatoms. The van der Waals surface area contributed by atoms with Gasteiger partial charge in [0.1, 0.15) is 5.22 Å². The molecule has 1 heterocycles. The molecule has 1 rings (SSSR count). The molecular formula is C11H22O2Si. The molecule has 0 radical (unpaired) electrons. The molecule has 0 spiro atoms. The Labute approximate surface area is 88.4 Å². The van der Waals surface area contributed by atoms with Crippen molar-refractivity contribution < 1.29 is 9.16 Å². The van der Waals surface area contributed by atoms with Crippen LogP contribution in [0.3, 0.4) is 0 Å². The fourth-order valence-electron chi connectivity index (χ4n) is 2.18. The Hall–Kier alpha value is -0.123. The number of hydrogen-bond acceptors (Lipinski definition) is 2. The maximum absolute atomic E-state index is 5.95.